The largest absolute Gasteiger partial charge is 1.00 e. The van der Waals surface area contributed by atoms with Crippen molar-refractivity contribution in [1.82, 2.24) is 0 Å². The molecule has 0 aliphatic rings. The Morgan fingerprint density at radius 3 is 1.10 bits per heavy atom. The maximum absolute atomic E-state index is 9.79. The van der Waals surface area contributed by atoms with Crippen molar-refractivity contribution in [2.24, 2.45) is 0 Å². The molecule has 0 aromatic rings. The quantitative estimate of drug-likeness (QED) is 0.215. The summed E-state index contributed by atoms with van der Waals surface area (Å²) in [6.45, 7) is 0. The molecule has 0 rings (SSSR count). The van der Waals surface area contributed by atoms with Gasteiger partial charge in [0.1, 0.15) is 0 Å². The van der Waals surface area contributed by atoms with E-state index in [1.165, 1.54) is 0 Å². The Kier molecular flexibility index (Phi) is 7.00. The van der Waals surface area contributed by atoms with Crippen LogP contribution in [0.5, 0.6) is 0 Å². The third kappa shape index (κ3) is 12.6. The summed E-state index contributed by atoms with van der Waals surface area (Å²) >= 11 is 0. The van der Waals surface area contributed by atoms with Gasteiger partial charge >= 0.3 is 51.4 Å². The minimum Gasteiger partial charge on any atom is -0.347 e. The number of hydrogen-bond acceptors (Lipinski definition) is 2. The van der Waals surface area contributed by atoms with Crippen molar-refractivity contribution in [3.63, 3.8) is 0 Å². The Bertz CT molecular complexity index is 156. The van der Waals surface area contributed by atoms with Gasteiger partial charge in [-0.1, -0.05) is 5.90 Å². The Morgan fingerprint density at radius 1 is 0.900 bits per heavy atom. The van der Waals surface area contributed by atoms with Gasteiger partial charge in [0.25, 0.3) is 0 Å². The zero-order chi connectivity index (χ0) is 7.71. The second-order valence-corrected chi connectivity index (χ2v) is 4.57. The molecule has 0 saturated carbocycles. The van der Waals surface area contributed by atoms with E-state index in [2.05, 4.69) is 0 Å². The van der Waals surface area contributed by atoms with Crippen molar-refractivity contribution in [2.45, 2.75) is 0 Å². The Hall–Kier alpha value is 1.94. The summed E-state index contributed by atoms with van der Waals surface area (Å²) in [6.07, 6.45) is 0. The van der Waals surface area contributed by atoms with Crippen LogP contribution in [0.3, 0.4) is 0 Å². The average Bonchev–Trinajstić information content (AvgIpc) is 1.14. The molecule has 0 atom stereocenters. The second kappa shape index (κ2) is 4.84. The van der Waals surface area contributed by atoms with E-state index < -0.39 is 15.2 Å². The van der Waals surface area contributed by atoms with Crippen molar-refractivity contribution in [3.05, 3.63) is 5.90 Å². The van der Waals surface area contributed by atoms with Crippen LogP contribution in [-0.4, -0.2) is 19.6 Å². The van der Waals surface area contributed by atoms with Crippen molar-refractivity contribution < 1.29 is 80.1 Å². The fourth-order valence-corrected chi connectivity index (χ4v) is 1.76. The van der Waals surface area contributed by atoms with E-state index in [0.29, 0.717) is 0 Å². The summed E-state index contributed by atoms with van der Waals surface area (Å²) in [6, 6.07) is 0. The first-order chi connectivity index (χ1) is 3.71. The third-order valence-electron chi connectivity index (χ3n) is 0.301. The van der Waals surface area contributed by atoms with Crippen LogP contribution < -0.4 is 51.4 Å². The third-order valence-corrected chi connectivity index (χ3v) is 2.71. The first-order valence-corrected chi connectivity index (χ1v) is 5.04. The molecule has 0 bridgehead atoms. The first kappa shape index (κ1) is 14.5. The number of rotatable bonds is 2. The van der Waals surface area contributed by atoms with Gasteiger partial charge in [-0.2, -0.15) is 0 Å². The normalized spacial score (nSPS) is 12.4. The molecule has 0 aromatic heterocycles. The molecule has 0 aliphatic heterocycles. The van der Waals surface area contributed by atoms with Crippen LogP contribution in [0.4, 0.5) is 0 Å². The minimum atomic E-state index is -4.68. The standard InChI is InChI=1S/CH5O6P2.K/c2-8(3,4)1-9(5,6)7;/h1H,(H2,2,3,4)(H2,5,6,7);/q-1;+1. The summed E-state index contributed by atoms with van der Waals surface area (Å²) in [5.41, 5.74) is 0. The smallest absolute Gasteiger partial charge is 0.347 e. The molecule has 0 heterocycles. The van der Waals surface area contributed by atoms with E-state index in [9.17, 15) is 9.13 Å². The summed E-state index contributed by atoms with van der Waals surface area (Å²) in [7, 11) is -9.35. The monoisotopic (exact) mass is 214 g/mol. The van der Waals surface area contributed by atoms with Crippen molar-refractivity contribution in [3.8, 4) is 0 Å². The van der Waals surface area contributed by atoms with E-state index >= 15 is 0 Å². The molecular formula is CH5KO6P2. The molecule has 6 nitrogen and oxygen atoms in total. The van der Waals surface area contributed by atoms with Crippen molar-refractivity contribution in [2.75, 3.05) is 0 Å². The van der Waals surface area contributed by atoms with E-state index in [1.807, 2.05) is 0 Å². The summed E-state index contributed by atoms with van der Waals surface area (Å²) < 4.78 is 19.6. The predicted octanol–water partition coefficient (Wildman–Crippen LogP) is -3.53. The molecule has 0 amide bonds. The molecule has 0 spiro atoms. The van der Waals surface area contributed by atoms with E-state index in [4.69, 9.17) is 19.6 Å². The fourth-order valence-electron chi connectivity index (χ4n) is 0.196. The van der Waals surface area contributed by atoms with Gasteiger partial charge in [-0.05, 0) is 0 Å². The van der Waals surface area contributed by atoms with Gasteiger partial charge in [0.15, 0.2) is 15.2 Å². The van der Waals surface area contributed by atoms with Gasteiger partial charge in [-0.25, -0.2) is 0 Å². The van der Waals surface area contributed by atoms with E-state index in [1.54, 1.807) is 0 Å². The van der Waals surface area contributed by atoms with Gasteiger partial charge in [-0.15, -0.1) is 0 Å². The molecule has 0 saturated heterocycles. The van der Waals surface area contributed by atoms with Crippen molar-refractivity contribution in [1.29, 1.82) is 0 Å². The maximum Gasteiger partial charge on any atom is 1.00 e. The Morgan fingerprint density at radius 2 is 1.10 bits per heavy atom. The summed E-state index contributed by atoms with van der Waals surface area (Å²) in [5, 5.41) is 0. The second-order valence-electron chi connectivity index (χ2n) is 1.29. The van der Waals surface area contributed by atoms with Crippen LogP contribution in [-0.2, 0) is 9.13 Å². The van der Waals surface area contributed by atoms with Crippen LogP contribution in [0, 0.1) is 5.90 Å². The average molecular weight is 214 g/mol. The molecule has 0 fully saturated rings. The van der Waals surface area contributed by atoms with Gasteiger partial charge in [0.2, 0.25) is 0 Å². The van der Waals surface area contributed by atoms with Gasteiger partial charge in [0.05, 0.1) is 0 Å². The minimum absolute atomic E-state index is 0. The van der Waals surface area contributed by atoms with E-state index in [0.717, 1.165) is 0 Å². The Balaban J connectivity index is 0. The van der Waals surface area contributed by atoms with Crippen LogP contribution >= 0.6 is 15.2 Å². The molecule has 10 heavy (non-hydrogen) atoms. The topological polar surface area (TPSA) is 115 Å². The number of hydrogen-bond donors (Lipinski definition) is 4. The van der Waals surface area contributed by atoms with Gasteiger partial charge < -0.3 is 19.6 Å². The van der Waals surface area contributed by atoms with Gasteiger partial charge in [0, 0.05) is 0 Å². The molecule has 0 unspecified atom stereocenters. The zero-order valence-corrected chi connectivity index (χ0v) is 9.99. The molecule has 56 valence electrons. The first-order valence-electron chi connectivity index (χ1n) is 1.68. The van der Waals surface area contributed by atoms with Gasteiger partial charge in [-0.3, -0.25) is 9.13 Å². The van der Waals surface area contributed by atoms with Crippen LogP contribution in [0.1, 0.15) is 0 Å². The molecule has 0 aliphatic carbocycles. The van der Waals surface area contributed by atoms with E-state index in [-0.39, 0.29) is 57.3 Å². The van der Waals surface area contributed by atoms with Crippen molar-refractivity contribution >= 4 is 15.2 Å². The molecule has 4 N–H and O–H groups in total. The van der Waals surface area contributed by atoms with Crippen LogP contribution in [0.15, 0.2) is 0 Å². The predicted molar refractivity (Wildman–Crippen MR) is 28.4 cm³/mol. The fraction of sp³-hybridized carbons (Fsp3) is 0. The molecule has 0 aromatic carbocycles. The molecular weight excluding hydrogens is 209 g/mol. The Labute approximate surface area is 99.8 Å². The molecule has 0 radical (unpaired) electrons. The zero-order valence-electron chi connectivity index (χ0n) is 5.08. The SMILES string of the molecule is O=P(O)(O)[CH-]P(=O)(O)O.[K+]. The maximum atomic E-state index is 9.79. The van der Waals surface area contributed by atoms with Crippen LogP contribution in [0.25, 0.3) is 0 Å². The summed E-state index contributed by atoms with van der Waals surface area (Å²) in [4.78, 5) is 31.7. The molecule has 9 heteroatoms. The summed E-state index contributed by atoms with van der Waals surface area (Å²) in [5.74, 6) is -0.292. The van der Waals surface area contributed by atoms with Crippen LogP contribution in [0.2, 0.25) is 0 Å².